The van der Waals surface area contributed by atoms with Crippen molar-refractivity contribution in [2.24, 2.45) is 0 Å². The zero-order valence-electron chi connectivity index (χ0n) is 13.0. The largest absolute Gasteiger partial charge is 0.406 e. The Bertz CT molecular complexity index is 725. The highest BCUT2D eigenvalue weighted by molar-refractivity contribution is 5.79. The van der Waals surface area contributed by atoms with Crippen molar-refractivity contribution in [3.8, 4) is 0 Å². The summed E-state index contributed by atoms with van der Waals surface area (Å²) >= 11 is 0. The van der Waals surface area contributed by atoms with Crippen molar-refractivity contribution >= 4 is 5.91 Å². The molecule has 0 N–H and O–H groups in total. The van der Waals surface area contributed by atoms with Gasteiger partial charge in [0, 0.05) is 19.4 Å². The van der Waals surface area contributed by atoms with Crippen LogP contribution in [0.2, 0.25) is 0 Å². The lowest BCUT2D eigenvalue weighted by Gasteiger charge is -2.17. The number of nitrogens with zero attached hydrogens (tertiary/aromatic N) is 3. The molecule has 1 amide bonds. The third kappa shape index (κ3) is 3.93. The molecule has 1 atom stereocenters. The van der Waals surface area contributed by atoms with Crippen LogP contribution in [0.4, 0.5) is 13.2 Å². The molecule has 1 aromatic carbocycles. The Balaban J connectivity index is 1.65. The van der Waals surface area contributed by atoms with Gasteiger partial charge in [0.2, 0.25) is 11.8 Å². The lowest BCUT2D eigenvalue weighted by Crippen LogP contribution is -2.35. The van der Waals surface area contributed by atoms with Gasteiger partial charge in [0.1, 0.15) is 6.54 Å². The molecular weight excluding hydrogens is 323 g/mol. The molecular formula is C16H16F3N3O2. The number of likely N-dealkylation sites (tertiary alicyclic amines) is 1. The van der Waals surface area contributed by atoms with E-state index in [1.807, 2.05) is 31.2 Å². The van der Waals surface area contributed by atoms with Gasteiger partial charge in [-0.1, -0.05) is 35.0 Å². The third-order valence-electron chi connectivity index (χ3n) is 3.90. The summed E-state index contributed by atoms with van der Waals surface area (Å²) in [6.45, 7) is 0.692. The van der Waals surface area contributed by atoms with E-state index in [1.165, 1.54) is 0 Å². The average molecular weight is 339 g/mol. The van der Waals surface area contributed by atoms with E-state index in [0.717, 1.165) is 16.0 Å². The first-order chi connectivity index (χ1) is 11.3. The van der Waals surface area contributed by atoms with Gasteiger partial charge >= 0.3 is 6.18 Å². The minimum absolute atomic E-state index is 0.0394. The maximum atomic E-state index is 12.4. The van der Waals surface area contributed by atoms with Crippen LogP contribution in [0.25, 0.3) is 0 Å². The van der Waals surface area contributed by atoms with E-state index in [0.29, 0.717) is 12.2 Å². The van der Waals surface area contributed by atoms with Gasteiger partial charge in [0.15, 0.2) is 5.82 Å². The number of aromatic nitrogens is 2. The Morgan fingerprint density at radius 1 is 1.29 bits per heavy atom. The summed E-state index contributed by atoms with van der Waals surface area (Å²) in [5, 5.41) is 3.86. The van der Waals surface area contributed by atoms with E-state index in [4.69, 9.17) is 4.52 Å². The third-order valence-corrected chi connectivity index (χ3v) is 3.90. The van der Waals surface area contributed by atoms with E-state index < -0.39 is 24.5 Å². The Morgan fingerprint density at radius 2 is 2.00 bits per heavy atom. The molecule has 0 radical (unpaired) electrons. The summed E-state index contributed by atoms with van der Waals surface area (Å²) < 4.78 is 42.5. The first-order valence-corrected chi connectivity index (χ1v) is 7.53. The molecule has 0 saturated carbocycles. The van der Waals surface area contributed by atoms with Crippen LogP contribution < -0.4 is 0 Å². The van der Waals surface area contributed by atoms with Crippen LogP contribution in [0.15, 0.2) is 28.8 Å². The van der Waals surface area contributed by atoms with Crippen LogP contribution in [0, 0.1) is 6.92 Å². The number of aryl methyl sites for hydroxylation is 1. The molecule has 1 unspecified atom stereocenters. The number of halogens is 3. The molecule has 128 valence electrons. The predicted octanol–water partition coefficient (Wildman–Crippen LogP) is 2.85. The number of hydrogen-bond acceptors (Lipinski definition) is 4. The van der Waals surface area contributed by atoms with Crippen LogP contribution in [0.5, 0.6) is 0 Å². The fourth-order valence-corrected chi connectivity index (χ4v) is 2.70. The highest BCUT2D eigenvalue weighted by Crippen LogP contribution is 2.29. The fourth-order valence-electron chi connectivity index (χ4n) is 2.70. The molecule has 0 spiro atoms. The molecule has 1 aliphatic rings. The Labute approximate surface area is 136 Å². The van der Waals surface area contributed by atoms with Gasteiger partial charge in [-0.25, -0.2) is 0 Å². The first-order valence-electron chi connectivity index (χ1n) is 7.53. The van der Waals surface area contributed by atoms with Crippen molar-refractivity contribution in [3.63, 3.8) is 0 Å². The fraction of sp³-hybridized carbons (Fsp3) is 0.438. The zero-order chi connectivity index (χ0) is 17.3. The van der Waals surface area contributed by atoms with E-state index in [-0.39, 0.29) is 18.9 Å². The van der Waals surface area contributed by atoms with E-state index in [2.05, 4.69) is 10.1 Å². The van der Waals surface area contributed by atoms with Crippen molar-refractivity contribution in [1.82, 2.24) is 15.0 Å². The number of amides is 1. The molecule has 0 aliphatic carbocycles. The summed E-state index contributed by atoms with van der Waals surface area (Å²) in [6.07, 6.45) is -3.98. The molecule has 3 rings (SSSR count). The first kappa shape index (κ1) is 16.5. The van der Waals surface area contributed by atoms with E-state index in [9.17, 15) is 18.0 Å². The van der Waals surface area contributed by atoms with E-state index in [1.54, 1.807) is 0 Å². The van der Waals surface area contributed by atoms with Crippen molar-refractivity contribution in [3.05, 3.63) is 47.1 Å². The second-order valence-electron chi connectivity index (χ2n) is 6.00. The molecule has 8 heteroatoms. The Hall–Kier alpha value is -2.38. The van der Waals surface area contributed by atoms with Crippen molar-refractivity contribution in [2.45, 2.75) is 31.9 Å². The molecule has 1 fully saturated rings. The van der Waals surface area contributed by atoms with Crippen LogP contribution in [-0.4, -0.2) is 40.2 Å². The van der Waals surface area contributed by atoms with Gasteiger partial charge in [-0.3, -0.25) is 4.79 Å². The highest BCUT2D eigenvalue weighted by Gasteiger charge is 2.40. The Morgan fingerprint density at radius 3 is 2.67 bits per heavy atom. The van der Waals surface area contributed by atoms with Crippen LogP contribution >= 0.6 is 0 Å². The molecule has 1 aromatic heterocycles. The van der Waals surface area contributed by atoms with Crippen LogP contribution in [-0.2, 0) is 11.2 Å². The predicted molar refractivity (Wildman–Crippen MR) is 78.3 cm³/mol. The van der Waals surface area contributed by atoms with Crippen LogP contribution in [0.3, 0.4) is 0 Å². The molecule has 0 bridgehead atoms. The summed E-state index contributed by atoms with van der Waals surface area (Å²) in [7, 11) is 0. The second kappa shape index (κ2) is 6.26. The quantitative estimate of drug-likeness (QED) is 0.859. The maximum absolute atomic E-state index is 12.4. The normalized spacial score (nSPS) is 18.4. The number of alkyl halides is 3. The monoisotopic (exact) mass is 339 g/mol. The highest BCUT2D eigenvalue weighted by atomic mass is 19.4. The lowest BCUT2D eigenvalue weighted by atomic mass is 10.1. The summed E-state index contributed by atoms with van der Waals surface area (Å²) in [5.74, 6) is -0.361. The van der Waals surface area contributed by atoms with Crippen molar-refractivity contribution < 1.29 is 22.5 Å². The molecule has 1 saturated heterocycles. The summed E-state index contributed by atoms with van der Waals surface area (Å²) in [4.78, 5) is 16.7. The minimum Gasteiger partial charge on any atom is -0.339 e. The lowest BCUT2D eigenvalue weighted by molar-refractivity contribution is -0.157. The van der Waals surface area contributed by atoms with Gasteiger partial charge in [-0.05, 0) is 12.5 Å². The SMILES string of the molecule is Cc1ccc(Cc2noc(C3CC(=O)N(CC(F)(F)F)C3)n2)cc1. The van der Waals surface area contributed by atoms with Gasteiger partial charge in [0.05, 0.1) is 5.92 Å². The minimum atomic E-state index is -4.41. The van der Waals surface area contributed by atoms with Gasteiger partial charge in [0.25, 0.3) is 0 Å². The second-order valence-corrected chi connectivity index (χ2v) is 6.00. The molecule has 2 heterocycles. The number of hydrogen-bond donors (Lipinski definition) is 0. The summed E-state index contributed by atoms with van der Waals surface area (Å²) in [5.41, 5.74) is 2.15. The van der Waals surface area contributed by atoms with E-state index >= 15 is 0 Å². The van der Waals surface area contributed by atoms with Gasteiger partial charge < -0.3 is 9.42 Å². The summed E-state index contributed by atoms with van der Waals surface area (Å²) in [6, 6.07) is 7.85. The number of rotatable bonds is 4. The number of carbonyl (C=O) groups excluding carboxylic acids is 1. The maximum Gasteiger partial charge on any atom is 0.406 e. The smallest absolute Gasteiger partial charge is 0.339 e. The zero-order valence-corrected chi connectivity index (χ0v) is 13.0. The van der Waals surface area contributed by atoms with Crippen molar-refractivity contribution in [2.75, 3.05) is 13.1 Å². The standard InChI is InChI=1S/C16H16F3N3O2/c1-10-2-4-11(5-3-10)6-13-20-15(24-21-13)12-7-14(23)22(8-12)9-16(17,18)19/h2-5,12H,6-9H2,1H3. The van der Waals surface area contributed by atoms with Crippen LogP contribution in [0.1, 0.15) is 35.2 Å². The molecule has 2 aromatic rings. The molecule has 1 aliphatic heterocycles. The molecule has 24 heavy (non-hydrogen) atoms. The number of carbonyl (C=O) groups is 1. The van der Waals surface area contributed by atoms with Gasteiger partial charge in [-0.15, -0.1) is 0 Å². The van der Waals surface area contributed by atoms with Crippen molar-refractivity contribution in [1.29, 1.82) is 0 Å². The number of benzene rings is 1. The Kier molecular flexibility index (Phi) is 4.29. The average Bonchev–Trinajstić information content (AvgIpc) is 3.08. The topological polar surface area (TPSA) is 59.2 Å². The van der Waals surface area contributed by atoms with Gasteiger partial charge in [-0.2, -0.15) is 18.2 Å². The molecule has 5 nitrogen and oxygen atoms in total.